The van der Waals surface area contributed by atoms with Crippen molar-refractivity contribution in [2.45, 2.75) is 18.0 Å². The number of nitrogens with zero attached hydrogens (tertiary/aromatic N) is 3. The lowest BCUT2D eigenvalue weighted by molar-refractivity contribution is -0.142. The lowest BCUT2D eigenvalue weighted by Crippen LogP contribution is -2.41. The Morgan fingerprint density at radius 3 is 2.48 bits per heavy atom. The standard InChI is InChI=1S/C15H11F4N5O3S2/c1-8-6-12(15(17,18)19)24(22-8)14-20-11(7-28-14)13(25)21-23-29(26,27)10-4-2-9(16)3-5-10/h2-7,23H,1H3,(H,21,25). The van der Waals surface area contributed by atoms with Gasteiger partial charge in [0.2, 0.25) is 5.13 Å². The van der Waals surface area contributed by atoms with Gasteiger partial charge in [-0.05, 0) is 37.3 Å². The van der Waals surface area contributed by atoms with E-state index in [1.807, 2.05) is 5.43 Å². The van der Waals surface area contributed by atoms with Crippen LogP contribution in [-0.2, 0) is 16.2 Å². The SMILES string of the molecule is Cc1cc(C(F)(F)F)n(-c2nc(C(=O)NNS(=O)(=O)c3ccc(F)cc3)cs2)n1. The van der Waals surface area contributed by atoms with Gasteiger partial charge in [-0.1, -0.05) is 0 Å². The number of nitrogens with one attached hydrogen (secondary N) is 2. The van der Waals surface area contributed by atoms with Crippen molar-refractivity contribution < 1.29 is 30.8 Å². The van der Waals surface area contributed by atoms with E-state index in [1.54, 1.807) is 4.83 Å². The molecule has 1 aromatic carbocycles. The minimum absolute atomic E-state index is 0.102. The number of hydrogen-bond donors (Lipinski definition) is 2. The maximum atomic E-state index is 13.1. The van der Waals surface area contributed by atoms with Gasteiger partial charge in [0.15, 0.2) is 5.69 Å². The molecule has 0 aliphatic heterocycles. The van der Waals surface area contributed by atoms with Gasteiger partial charge in [-0.3, -0.25) is 10.2 Å². The highest BCUT2D eigenvalue weighted by Gasteiger charge is 2.36. The second-order valence-electron chi connectivity index (χ2n) is 5.61. The summed E-state index contributed by atoms with van der Waals surface area (Å²) in [6.45, 7) is 1.37. The van der Waals surface area contributed by atoms with Crippen LogP contribution in [0.5, 0.6) is 0 Å². The number of benzene rings is 1. The molecule has 2 aromatic heterocycles. The normalized spacial score (nSPS) is 12.2. The van der Waals surface area contributed by atoms with E-state index in [4.69, 9.17) is 0 Å². The molecule has 0 atom stereocenters. The number of sulfonamides is 1. The van der Waals surface area contributed by atoms with E-state index < -0.39 is 33.6 Å². The van der Waals surface area contributed by atoms with E-state index >= 15 is 0 Å². The Kier molecular flexibility index (Phi) is 5.42. The van der Waals surface area contributed by atoms with Crippen molar-refractivity contribution in [3.05, 3.63) is 58.6 Å². The summed E-state index contributed by atoms with van der Waals surface area (Å²) >= 11 is 0.716. The quantitative estimate of drug-likeness (QED) is 0.460. The zero-order valence-corrected chi connectivity index (χ0v) is 16.0. The Hall–Kier alpha value is -2.84. The molecular weight excluding hydrogens is 438 g/mol. The van der Waals surface area contributed by atoms with Crippen LogP contribution in [0.1, 0.15) is 21.9 Å². The molecule has 154 valence electrons. The van der Waals surface area contributed by atoms with Crippen molar-refractivity contribution in [3.8, 4) is 5.13 Å². The summed E-state index contributed by atoms with van der Waals surface area (Å²) in [5, 5.41) is 4.64. The number of carbonyl (C=O) groups is 1. The fraction of sp³-hybridized carbons (Fsp3) is 0.133. The first-order valence-corrected chi connectivity index (χ1v) is 10.0. The number of aryl methyl sites for hydroxylation is 1. The third-order valence-corrected chi connectivity index (χ3v) is 5.53. The van der Waals surface area contributed by atoms with Crippen LogP contribution < -0.4 is 10.3 Å². The lowest BCUT2D eigenvalue weighted by Gasteiger charge is -2.08. The predicted molar refractivity (Wildman–Crippen MR) is 93.2 cm³/mol. The predicted octanol–water partition coefficient (Wildman–Crippen LogP) is 2.42. The number of hydrogen-bond acceptors (Lipinski definition) is 6. The van der Waals surface area contributed by atoms with Crippen LogP contribution in [0.4, 0.5) is 17.6 Å². The Bertz CT molecular complexity index is 1150. The fourth-order valence-electron chi connectivity index (χ4n) is 2.16. The fourth-order valence-corrected chi connectivity index (χ4v) is 3.77. The molecule has 0 spiro atoms. The van der Waals surface area contributed by atoms with Gasteiger partial charge >= 0.3 is 6.18 Å². The second kappa shape index (κ2) is 7.53. The largest absolute Gasteiger partial charge is 0.433 e. The first-order valence-electron chi connectivity index (χ1n) is 7.65. The smallest absolute Gasteiger partial charge is 0.272 e. The molecule has 2 heterocycles. The molecule has 1 amide bonds. The average Bonchev–Trinajstić information content (AvgIpc) is 3.26. The highest BCUT2D eigenvalue weighted by atomic mass is 32.2. The number of aromatic nitrogens is 3. The second-order valence-corrected chi connectivity index (χ2v) is 8.13. The Morgan fingerprint density at radius 1 is 1.21 bits per heavy atom. The molecule has 0 saturated heterocycles. The molecule has 3 rings (SSSR count). The molecule has 3 aromatic rings. The Labute approximate surface area is 165 Å². The van der Waals surface area contributed by atoms with E-state index in [0.29, 0.717) is 16.0 Å². The molecule has 0 radical (unpaired) electrons. The van der Waals surface area contributed by atoms with Crippen LogP contribution in [0.3, 0.4) is 0 Å². The lowest BCUT2D eigenvalue weighted by atomic mass is 10.3. The van der Waals surface area contributed by atoms with E-state index in [9.17, 15) is 30.8 Å². The van der Waals surface area contributed by atoms with E-state index in [0.717, 1.165) is 35.7 Å². The summed E-state index contributed by atoms with van der Waals surface area (Å²) in [4.78, 5) is 17.4. The monoisotopic (exact) mass is 449 g/mol. The maximum Gasteiger partial charge on any atom is 0.433 e. The van der Waals surface area contributed by atoms with Gasteiger partial charge in [0.25, 0.3) is 15.9 Å². The van der Waals surface area contributed by atoms with Crippen molar-refractivity contribution in [1.29, 1.82) is 0 Å². The highest BCUT2D eigenvalue weighted by molar-refractivity contribution is 7.89. The molecule has 29 heavy (non-hydrogen) atoms. The van der Waals surface area contributed by atoms with Gasteiger partial charge in [-0.25, -0.2) is 22.5 Å². The van der Waals surface area contributed by atoms with Gasteiger partial charge in [0.05, 0.1) is 10.6 Å². The van der Waals surface area contributed by atoms with Crippen molar-refractivity contribution in [2.75, 3.05) is 0 Å². The maximum absolute atomic E-state index is 13.1. The minimum atomic E-state index is -4.68. The molecular formula is C15H11F4N5O3S2. The first-order chi connectivity index (χ1) is 13.5. The molecule has 0 fully saturated rings. The summed E-state index contributed by atoms with van der Waals surface area (Å²) in [5.41, 5.74) is 0.604. The van der Waals surface area contributed by atoms with Crippen molar-refractivity contribution >= 4 is 27.3 Å². The summed E-state index contributed by atoms with van der Waals surface area (Å²) in [6.07, 6.45) is -4.68. The Balaban J connectivity index is 1.76. The number of carbonyl (C=O) groups excluding carboxylic acids is 1. The zero-order valence-electron chi connectivity index (χ0n) is 14.4. The number of amides is 1. The van der Waals surface area contributed by atoms with Crippen molar-refractivity contribution in [3.63, 3.8) is 0 Å². The number of halogens is 4. The average molecular weight is 449 g/mol. The summed E-state index contributed by atoms with van der Waals surface area (Å²) in [6, 6.07) is 4.66. The van der Waals surface area contributed by atoms with Gasteiger partial charge in [-0.15, -0.1) is 16.2 Å². The number of alkyl halides is 3. The van der Waals surface area contributed by atoms with Crippen LogP contribution in [0, 0.1) is 12.7 Å². The van der Waals surface area contributed by atoms with Crippen LogP contribution in [0.25, 0.3) is 5.13 Å². The van der Waals surface area contributed by atoms with Crippen molar-refractivity contribution in [1.82, 2.24) is 25.0 Å². The molecule has 0 aliphatic rings. The molecule has 14 heteroatoms. The van der Waals surface area contributed by atoms with E-state index in [-0.39, 0.29) is 21.4 Å². The zero-order chi connectivity index (χ0) is 21.4. The highest BCUT2D eigenvalue weighted by Crippen LogP contribution is 2.32. The van der Waals surface area contributed by atoms with E-state index in [2.05, 4.69) is 10.1 Å². The van der Waals surface area contributed by atoms with Crippen LogP contribution >= 0.6 is 11.3 Å². The van der Waals surface area contributed by atoms with Gasteiger partial charge in [-0.2, -0.15) is 18.3 Å². The first kappa shape index (κ1) is 20.9. The topological polar surface area (TPSA) is 106 Å². The molecule has 0 aliphatic carbocycles. The van der Waals surface area contributed by atoms with Gasteiger partial charge < -0.3 is 0 Å². The number of thiazole rings is 1. The molecule has 0 bridgehead atoms. The third-order valence-electron chi connectivity index (χ3n) is 3.45. The van der Waals surface area contributed by atoms with E-state index in [1.165, 1.54) is 6.92 Å². The molecule has 0 saturated carbocycles. The van der Waals surface area contributed by atoms with Crippen LogP contribution in [-0.4, -0.2) is 29.1 Å². The van der Waals surface area contributed by atoms with Crippen LogP contribution in [0.2, 0.25) is 0 Å². The number of rotatable bonds is 5. The van der Waals surface area contributed by atoms with Gasteiger partial charge in [0.1, 0.15) is 11.5 Å². The molecule has 8 nitrogen and oxygen atoms in total. The summed E-state index contributed by atoms with van der Waals surface area (Å²) < 4.78 is 76.8. The van der Waals surface area contributed by atoms with Crippen LogP contribution in [0.15, 0.2) is 40.6 Å². The third kappa shape index (κ3) is 4.60. The molecule has 2 N–H and O–H groups in total. The molecule has 0 unspecified atom stereocenters. The Morgan fingerprint density at radius 2 is 1.86 bits per heavy atom. The number of hydrazine groups is 1. The van der Waals surface area contributed by atoms with Gasteiger partial charge in [0, 0.05) is 5.38 Å². The van der Waals surface area contributed by atoms with Crippen molar-refractivity contribution in [2.24, 2.45) is 0 Å². The minimum Gasteiger partial charge on any atom is -0.272 e. The summed E-state index contributed by atoms with van der Waals surface area (Å²) in [7, 11) is -4.19. The summed E-state index contributed by atoms with van der Waals surface area (Å²) in [5.74, 6) is -1.65.